The number of nitro groups is 1. The molecule has 2 aromatic rings. The molecule has 0 spiro atoms. The van der Waals surface area contributed by atoms with Gasteiger partial charge in [0.2, 0.25) is 0 Å². The lowest BCUT2D eigenvalue weighted by Gasteiger charge is -2.37. The maximum atomic E-state index is 12.4. The minimum atomic E-state index is -0.360. The van der Waals surface area contributed by atoms with E-state index in [2.05, 4.69) is 24.4 Å². The first kappa shape index (κ1) is 19.2. The highest BCUT2D eigenvalue weighted by atomic mass is 16.6. The first-order valence-electron chi connectivity index (χ1n) is 10.1. The van der Waals surface area contributed by atoms with Crippen molar-refractivity contribution in [3.05, 3.63) is 81.4 Å². The predicted octanol–water partition coefficient (Wildman–Crippen LogP) is 5.38. The lowest BCUT2D eigenvalue weighted by molar-refractivity contribution is -0.384. The van der Waals surface area contributed by atoms with E-state index < -0.39 is 0 Å². The number of carbonyl (C=O) groups excluding carboxylic acids is 1. The average Bonchev–Trinajstić information content (AvgIpc) is 3.23. The Morgan fingerprint density at radius 2 is 2.14 bits per heavy atom. The fourth-order valence-electron chi connectivity index (χ4n) is 4.28. The van der Waals surface area contributed by atoms with E-state index in [0.29, 0.717) is 12.2 Å². The molecule has 6 nitrogen and oxygen atoms in total. The van der Waals surface area contributed by atoms with Gasteiger partial charge in [0.1, 0.15) is 0 Å². The van der Waals surface area contributed by atoms with Crippen LogP contribution in [0, 0.1) is 16.0 Å². The Labute approximate surface area is 169 Å². The van der Waals surface area contributed by atoms with Gasteiger partial charge < -0.3 is 10.1 Å². The van der Waals surface area contributed by atoms with Crippen LogP contribution in [0.3, 0.4) is 0 Å². The Bertz CT molecular complexity index is 969. The molecular formula is C23H24N2O4. The van der Waals surface area contributed by atoms with Gasteiger partial charge >= 0.3 is 5.97 Å². The molecule has 0 unspecified atom stereocenters. The lowest BCUT2D eigenvalue weighted by atomic mass is 9.76. The molecule has 0 saturated carbocycles. The van der Waals surface area contributed by atoms with Gasteiger partial charge in [-0.2, -0.15) is 0 Å². The van der Waals surface area contributed by atoms with Crippen LogP contribution in [-0.2, 0) is 4.74 Å². The van der Waals surface area contributed by atoms with Crippen LogP contribution in [0.15, 0.2) is 54.6 Å². The summed E-state index contributed by atoms with van der Waals surface area (Å²) in [5.41, 5.74) is 3.61. The first-order chi connectivity index (χ1) is 14.1. The van der Waals surface area contributed by atoms with Gasteiger partial charge in [-0.05, 0) is 48.1 Å². The fraction of sp³-hybridized carbons (Fsp3) is 0.348. The van der Waals surface area contributed by atoms with E-state index >= 15 is 0 Å². The largest absolute Gasteiger partial charge is 0.462 e. The van der Waals surface area contributed by atoms with Crippen LogP contribution in [0.1, 0.15) is 59.6 Å². The molecule has 29 heavy (non-hydrogen) atoms. The molecule has 1 N–H and O–H groups in total. The number of ether oxygens (including phenoxy) is 1. The number of fused-ring (bicyclic) bond motifs is 3. The van der Waals surface area contributed by atoms with Gasteiger partial charge in [-0.25, -0.2) is 4.79 Å². The quantitative estimate of drug-likeness (QED) is 0.235. The number of nitrogens with zero attached hydrogens (tertiary/aromatic N) is 1. The monoisotopic (exact) mass is 392 g/mol. The number of benzene rings is 2. The number of esters is 1. The summed E-state index contributed by atoms with van der Waals surface area (Å²) >= 11 is 0. The van der Waals surface area contributed by atoms with Gasteiger partial charge in [0, 0.05) is 23.7 Å². The first-order valence-corrected chi connectivity index (χ1v) is 10.1. The smallest absolute Gasteiger partial charge is 0.338 e. The molecule has 4 rings (SSSR count). The van der Waals surface area contributed by atoms with Crippen LogP contribution in [0.2, 0.25) is 0 Å². The van der Waals surface area contributed by atoms with E-state index in [1.54, 1.807) is 18.2 Å². The zero-order valence-corrected chi connectivity index (χ0v) is 16.3. The Hall–Kier alpha value is -3.15. The molecule has 1 aliphatic carbocycles. The summed E-state index contributed by atoms with van der Waals surface area (Å²) in [7, 11) is 0. The number of anilines is 1. The number of carbonyl (C=O) groups is 1. The van der Waals surface area contributed by atoms with Crippen LogP contribution in [0.4, 0.5) is 11.4 Å². The Morgan fingerprint density at radius 1 is 1.28 bits per heavy atom. The average molecular weight is 392 g/mol. The molecule has 2 aromatic carbocycles. The molecule has 1 heterocycles. The van der Waals surface area contributed by atoms with Crippen molar-refractivity contribution in [1.29, 1.82) is 0 Å². The molecule has 0 amide bonds. The van der Waals surface area contributed by atoms with Crippen molar-refractivity contribution in [2.75, 3.05) is 11.9 Å². The van der Waals surface area contributed by atoms with E-state index in [1.165, 1.54) is 6.07 Å². The molecule has 150 valence electrons. The predicted molar refractivity (Wildman–Crippen MR) is 111 cm³/mol. The molecule has 0 saturated heterocycles. The summed E-state index contributed by atoms with van der Waals surface area (Å²) in [4.78, 5) is 23.2. The van der Waals surface area contributed by atoms with E-state index in [4.69, 9.17) is 4.74 Å². The normalized spacial score (nSPS) is 21.8. The van der Waals surface area contributed by atoms with Crippen LogP contribution in [0.5, 0.6) is 0 Å². The molecule has 0 radical (unpaired) electrons. The van der Waals surface area contributed by atoms with Crippen LogP contribution >= 0.6 is 0 Å². The van der Waals surface area contributed by atoms with E-state index in [9.17, 15) is 14.9 Å². The van der Waals surface area contributed by atoms with Crippen LogP contribution < -0.4 is 5.32 Å². The summed E-state index contributed by atoms with van der Waals surface area (Å²) in [6.07, 6.45) is 7.06. The van der Waals surface area contributed by atoms with Crippen molar-refractivity contribution in [3.8, 4) is 0 Å². The van der Waals surface area contributed by atoms with Gasteiger partial charge in [0.15, 0.2) is 0 Å². The number of nitro benzene ring substituents is 1. The zero-order chi connectivity index (χ0) is 20.4. The van der Waals surface area contributed by atoms with Crippen LogP contribution in [-0.4, -0.2) is 17.5 Å². The molecule has 0 bridgehead atoms. The van der Waals surface area contributed by atoms with Gasteiger partial charge in [0.05, 0.1) is 23.1 Å². The van der Waals surface area contributed by atoms with Crippen LogP contribution in [0.25, 0.3) is 0 Å². The summed E-state index contributed by atoms with van der Waals surface area (Å²) in [6.45, 7) is 2.49. The molecule has 2 aliphatic rings. The molecule has 3 atom stereocenters. The SMILES string of the molecule is CCCCOC(=O)c1ccc2c(c1)[C@@H]1C=CC[C@H]1[C@H](c1cccc([N+](=O)[O-])c1)N2. The van der Waals surface area contributed by atoms with Crippen molar-refractivity contribution in [2.45, 2.75) is 38.1 Å². The van der Waals surface area contributed by atoms with Gasteiger partial charge in [-0.1, -0.05) is 37.6 Å². The Morgan fingerprint density at radius 3 is 2.93 bits per heavy atom. The van der Waals surface area contributed by atoms with Crippen molar-refractivity contribution < 1.29 is 14.5 Å². The van der Waals surface area contributed by atoms with Crippen molar-refractivity contribution >= 4 is 17.3 Å². The standard InChI is InChI=1S/C23H24N2O4/c1-2-3-12-29-23(26)16-10-11-21-20(14-16)18-8-5-9-19(18)22(24-21)15-6-4-7-17(13-15)25(27)28/h4-8,10-11,13-14,18-19,22,24H,2-3,9,12H2,1H3/t18-,19-,22+/m1/s1. The molecular weight excluding hydrogens is 368 g/mol. The third-order valence-electron chi connectivity index (χ3n) is 5.77. The van der Waals surface area contributed by atoms with Crippen molar-refractivity contribution in [1.82, 2.24) is 0 Å². The number of hydrogen-bond donors (Lipinski definition) is 1. The van der Waals surface area contributed by atoms with Gasteiger partial charge in [-0.3, -0.25) is 10.1 Å². The number of allylic oxidation sites excluding steroid dienone is 2. The Kier molecular flexibility index (Phi) is 5.34. The van der Waals surface area contributed by atoms with E-state index in [1.807, 2.05) is 18.2 Å². The molecule has 0 fully saturated rings. The van der Waals surface area contributed by atoms with E-state index in [0.717, 1.165) is 36.1 Å². The molecule has 0 aromatic heterocycles. The summed E-state index contributed by atoms with van der Waals surface area (Å²) in [5.74, 6) is 0.121. The highest BCUT2D eigenvalue weighted by Gasteiger charge is 2.38. The number of nitrogens with one attached hydrogen (secondary N) is 1. The topological polar surface area (TPSA) is 81.5 Å². The highest BCUT2D eigenvalue weighted by molar-refractivity contribution is 5.90. The third kappa shape index (κ3) is 3.75. The second kappa shape index (κ2) is 8.07. The summed E-state index contributed by atoms with van der Waals surface area (Å²) in [5, 5.41) is 14.7. The zero-order valence-electron chi connectivity index (χ0n) is 16.3. The lowest BCUT2D eigenvalue weighted by Crippen LogP contribution is -2.29. The minimum absolute atomic E-state index is 0.0234. The van der Waals surface area contributed by atoms with Gasteiger partial charge in [0.25, 0.3) is 5.69 Å². The second-order valence-corrected chi connectivity index (χ2v) is 7.62. The van der Waals surface area contributed by atoms with Crippen molar-refractivity contribution in [3.63, 3.8) is 0 Å². The maximum absolute atomic E-state index is 12.4. The number of unbranched alkanes of at least 4 members (excludes halogenated alkanes) is 1. The number of non-ortho nitro benzene ring substituents is 1. The molecule has 1 aliphatic heterocycles. The number of hydrogen-bond acceptors (Lipinski definition) is 5. The minimum Gasteiger partial charge on any atom is -0.462 e. The van der Waals surface area contributed by atoms with Crippen molar-refractivity contribution in [2.24, 2.45) is 5.92 Å². The summed E-state index contributed by atoms with van der Waals surface area (Å²) < 4.78 is 5.36. The fourth-order valence-corrected chi connectivity index (χ4v) is 4.28. The highest BCUT2D eigenvalue weighted by Crippen LogP contribution is 2.50. The maximum Gasteiger partial charge on any atom is 0.338 e. The Balaban J connectivity index is 1.63. The molecule has 6 heteroatoms. The summed E-state index contributed by atoms with van der Waals surface area (Å²) in [6, 6.07) is 12.4. The second-order valence-electron chi connectivity index (χ2n) is 7.62. The van der Waals surface area contributed by atoms with Gasteiger partial charge in [-0.15, -0.1) is 0 Å². The van der Waals surface area contributed by atoms with E-state index in [-0.39, 0.29) is 34.5 Å². The third-order valence-corrected chi connectivity index (χ3v) is 5.77. The number of rotatable bonds is 6.